The Kier molecular flexibility index (Phi) is 9.77. The summed E-state index contributed by atoms with van der Waals surface area (Å²) in [6, 6.07) is 11.2. The van der Waals surface area contributed by atoms with E-state index in [1.807, 2.05) is 36.4 Å². The number of allylic oxidation sites excluding steroid dienone is 2. The molecular weight excluding hydrogens is 411 g/mol. The van der Waals surface area contributed by atoms with E-state index in [0.29, 0.717) is 18.1 Å². The van der Waals surface area contributed by atoms with Gasteiger partial charge in [0.15, 0.2) is 0 Å². The van der Waals surface area contributed by atoms with E-state index in [2.05, 4.69) is 36.5 Å². The van der Waals surface area contributed by atoms with Gasteiger partial charge in [0.2, 0.25) is 0 Å². The molecule has 1 aromatic heterocycles. The summed E-state index contributed by atoms with van der Waals surface area (Å²) in [5.74, 6) is 0.510. The number of fused-ring (bicyclic) bond motifs is 1. The van der Waals surface area contributed by atoms with Crippen molar-refractivity contribution in [3.8, 4) is 11.1 Å². The summed E-state index contributed by atoms with van der Waals surface area (Å²) < 4.78 is 20.7. The lowest BCUT2D eigenvalue weighted by atomic mass is 10.0. The molecule has 4 heteroatoms. The van der Waals surface area contributed by atoms with E-state index in [0.717, 1.165) is 60.1 Å². The van der Waals surface area contributed by atoms with Crippen molar-refractivity contribution in [3.05, 3.63) is 78.5 Å². The van der Waals surface area contributed by atoms with Crippen molar-refractivity contribution in [2.45, 2.75) is 64.9 Å². The van der Waals surface area contributed by atoms with Gasteiger partial charge in [-0.25, -0.2) is 14.4 Å². The molecule has 0 radical (unpaired) electrons. The van der Waals surface area contributed by atoms with Crippen LogP contribution < -0.4 is 0 Å². The van der Waals surface area contributed by atoms with E-state index < -0.39 is 0 Å². The number of nitrogens with zero attached hydrogens (tertiary/aromatic N) is 2. The van der Waals surface area contributed by atoms with Crippen LogP contribution in [-0.4, -0.2) is 22.7 Å². The topological polar surface area (TPSA) is 35.0 Å². The Bertz CT molecular complexity index is 1080. The van der Waals surface area contributed by atoms with Gasteiger partial charge in [-0.2, -0.15) is 0 Å². The molecule has 1 heterocycles. The Hall–Kier alpha value is -2.85. The van der Waals surface area contributed by atoms with Crippen LogP contribution in [0, 0.1) is 5.82 Å². The van der Waals surface area contributed by atoms with Crippen molar-refractivity contribution >= 4 is 17.0 Å². The molecular formula is C29H35FN2O. The lowest BCUT2D eigenvalue weighted by Gasteiger charge is -2.12. The average molecular weight is 447 g/mol. The molecule has 2 aromatic carbocycles. The molecule has 3 rings (SSSR count). The Morgan fingerprint density at radius 1 is 1.12 bits per heavy atom. The number of unbranched alkanes of at least 4 members (excludes halogenated alkanes) is 3. The molecule has 0 spiro atoms. The van der Waals surface area contributed by atoms with Crippen molar-refractivity contribution < 1.29 is 9.13 Å². The van der Waals surface area contributed by atoms with Gasteiger partial charge in [-0.15, -0.1) is 6.58 Å². The van der Waals surface area contributed by atoms with Gasteiger partial charge in [-0.1, -0.05) is 56.2 Å². The maximum atomic E-state index is 14.9. The predicted molar refractivity (Wildman–Crippen MR) is 137 cm³/mol. The summed E-state index contributed by atoms with van der Waals surface area (Å²) >= 11 is 0. The molecule has 1 unspecified atom stereocenters. The van der Waals surface area contributed by atoms with Crippen LogP contribution in [0.5, 0.6) is 0 Å². The molecule has 3 aromatic rings. The van der Waals surface area contributed by atoms with Crippen molar-refractivity contribution in [1.29, 1.82) is 0 Å². The summed E-state index contributed by atoms with van der Waals surface area (Å²) in [6.07, 6.45) is 15.3. The molecule has 0 aliphatic heterocycles. The molecule has 0 aliphatic carbocycles. The zero-order valence-corrected chi connectivity index (χ0v) is 19.9. The number of benzene rings is 2. The molecule has 0 bridgehead atoms. The first-order valence-corrected chi connectivity index (χ1v) is 12.1. The van der Waals surface area contributed by atoms with Gasteiger partial charge in [0.25, 0.3) is 0 Å². The fourth-order valence-corrected chi connectivity index (χ4v) is 3.80. The molecule has 1 atom stereocenters. The van der Waals surface area contributed by atoms with E-state index in [1.165, 1.54) is 12.8 Å². The van der Waals surface area contributed by atoms with Gasteiger partial charge in [0.05, 0.1) is 11.6 Å². The number of ether oxygens (including phenoxy) is 1. The average Bonchev–Trinajstić information content (AvgIpc) is 2.82. The van der Waals surface area contributed by atoms with E-state index >= 15 is 0 Å². The first-order chi connectivity index (χ1) is 16.1. The highest BCUT2D eigenvalue weighted by atomic mass is 19.1. The summed E-state index contributed by atoms with van der Waals surface area (Å²) in [5, 5.41) is 0.896. The largest absolute Gasteiger partial charge is 0.379 e. The molecule has 0 fully saturated rings. The van der Waals surface area contributed by atoms with Crippen LogP contribution in [0.15, 0.2) is 61.3 Å². The molecule has 0 aliphatic rings. The minimum atomic E-state index is -0.227. The summed E-state index contributed by atoms with van der Waals surface area (Å²) in [6.45, 7) is 8.93. The SMILES string of the molecule is C=CCc1ncc2cc(-c3ccc(/C=C/CCCC(C)OCCCCC)cc3F)ccc2n1. The third kappa shape index (κ3) is 7.61. The van der Waals surface area contributed by atoms with Crippen molar-refractivity contribution in [3.63, 3.8) is 0 Å². The molecule has 0 amide bonds. The number of aromatic nitrogens is 2. The fraction of sp³-hybridized carbons (Fsp3) is 0.379. The zero-order valence-electron chi connectivity index (χ0n) is 19.9. The van der Waals surface area contributed by atoms with E-state index in [-0.39, 0.29) is 5.82 Å². The maximum Gasteiger partial charge on any atom is 0.132 e. The third-order valence-corrected chi connectivity index (χ3v) is 5.70. The summed E-state index contributed by atoms with van der Waals surface area (Å²) in [5.41, 5.74) is 3.13. The highest BCUT2D eigenvalue weighted by Crippen LogP contribution is 2.27. The smallest absolute Gasteiger partial charge is 0.132 e. The molecule has 33 heavy (non-hydrogen) atoms. The Morgan fingerprint density at radius 3 is 2.79 bits per heavy atom. The highest BCUT2D eigenvalue weighted by molar-refractivity contribution is 5.84. The zero-order chi connectivity index (χ0) is 23.5. The van der Waals surface area contributed by atoms with Gasteiger partial charge in [0.1, 0.15) is 11.6 Å². The molecule has 174 valence electrons. The second kappa shape index (κ2) is 13.0. The van der Waals surface area contributed by atoms with Crippen LogP contribution in [0.25, 0.3) is 28.1 Å². The van der Waals surface area contributed by atoms with Gasteiger partial charge < -0.3 is 4.74 Å². The van der Waals surface area contributed by atoms with Gasteiger partial charge in [-0.3, -0.25) is 0 Å². The van der Waals surface area contributed by atoms with Gasteiger partial charge >= 0.3 is 0 Å². The lowest BCUT2D eigenvalue weighted by Crippen LogP contribution is -2.08. The Balaban J connectivity index is 1.55. The minimum Gasteiger partial charge on any atom is -0.379 e. The van der Waals surface area contributed by atoms with E-state index in [4.69, 9.17) is 4.74 Å². The van der Waals surface area contributed by atoms with Gasteiger partial charge in [0, 0.05) is 30.2 Å². The van der Waals surface area contributed by atoms with Crippen LogP contribution in [0.3, 0.4) is 0 Å². The Morgan fingerprint density at radius 2 is 2.00 bits per heavy atom. The first-order valence-electron chi connectivity index (χ1n) is 12.1. The molecule has 3 nitrogen and oxygen atoms in total. The van der Waals surface area contributed by atoms with Crippen molar-refractivity contribution in [2.75, 3.05) is 6.61 Å². The molecule has 0 saturated carbocycles. The number of hydrogen-bond donors (Lipinski definition) is 0. The second-order valence-corrected chi connectivity index (χ2v) is 8.51. The van der Waals surface area contributed by atoms with Crippen LogP contribution in [0.4, 0.5) is 4.39 Å². The molecule has 0 N–H and O–H groups in total. The van der Waals surface area contributed by atoms with E-state index in [1.54, 1.807) is 18.3 Å². The van der Waals surface area contributed by atoms with E-state index in [9.17, 15) is 4.39 Å². The number of hydrogen-bond acceptors (Lipinski definition) is 3. The van der Waals surface area contributed by atoms with Crippen molar-refractivity contribution in [1.82, 2.24) is 9.97 Å². The maximum absolute atomic E-state index is 14.9. The van der Waals surface area contributed by atoms with Crippen molar-refractivity contribution in [2.24, 2.45) is 0 Å². The third-order valence-electron chi connectivity index (χ3n) is 5.70. The summed E-state index contributed by atoms with van der Waals surface area (Å²) in [4.78, 5) is 8.88. The highest BCUT2D eigenvalue weighted by Gasteiger charge is 2.08. The monoisotopic (exact) mass is 446 g/mol. The Labute approximate surface area is 197 Å². The first kappa shape index (κ1) is 24.8. The lowest BCUT2D eigenvalue weighted by molar-refractivity contribution is 0.0566. The molecule has 0 saturated heterocycles. The number of rotatable bonds is 13. The van der Waals surface area contributed by atoms with Crippen LogP contribution in [0.2, 0.25) is 0 Å². The fourth-order valence-electron chi connectivity index (χ4n) is 3.80. The van der Waals surface area contributed by atoms with Gasteiger partial charge in [-0.05, 0) is 61.9 Å². The van der Waals surface area contributed by atoms with Crippen LogP contribution >= 0.6 is 0 Å². The van der Waals surface area contributed by atoms with Crippen LogP contribution in [0.1, 0.15) is 63.8 Å². The minimum absolute atomic E-state index is 0.227. The normalized spacial score (nSPS) is 12.5. The standard InChI is InChI=1S/C29H35FN2O/c1-4-6-10-18-33-22(3)12-8-7-9-13-23-14-16-26(27(30)19-23)24-15-17-28-25(20-24)21-31-29(32-28)11-5-2/h5,9,13-17,19-22H,2,4,6-8,10-12,18H2,1,3H3/b13-9+. The predicted octanol–water partition coefficient (Wildman–Crippen LogP) is 7.94. The number of halogens is 1. The quantitative estimate of drug-likeness (QED) is 0.197. The summed E-state index contributed by atoms with van der Waals surface area (Å²) in [7, 11) is 0. The second-order valence-electron chi connectivity index (χ2n) is 8.51. The van der Waals surface area contributed by atoms with Crippen LogP contribution in [-0.2, 0) is 11.2 Å².